The van der Waals surface area contributed by atoms with Crippen LogP contribution < -0.4 is 9.47 Å². The molecule has 0 bridgehead atoms. The number of amides is 1. The Balaban J connectivity index is 1.62. The van der Waals surface area contributed by atoms with Crippen molar-refractivity contribution in [2.75, 3.05) is 27.8 Å². The molecule has 3 aromatic rings. The number of ether oxygens (including phenoxy) is 2. The van der Waals surface area contributed by atoms with Gasteiger partial charge in [-0.3, -0.25) is 9.69 Å². The van der Waals surface area contributed by atoms with Crippen molar-refractivity contribution in [3.05, 3.63) is 95.1 Å². The van der Waals surface area contributed by atoms with E-state index in [-0.39, 0.29) is 18.5 Å². The van der Waals surface area contributed by atoms with Crippen molar-refractivity contribution in [1.29, 1.82) is 0 Å². The molecule has 0 radical (unpaired) electrons. The first-order valence-corrected chi connectivity index (χ1v) is 11.4. The zero-order valence-electron chi connectivity index (χ0n) is 20.2. The molecule has 34 heavy (non-hydrogen) atoms. The topological polar surface area (TPSA) is 54.4 Å². The highest BCUT2D eigenvalue weighted by Gasteiger charge is 2.35. The summed E-state index contributed by atoms with van der Waals surface area (Å²) in [5.74, 6) is 1.34. The highest BCUT2D eigenvalue weighted by atomic mass is 16.5. The van der Waals surface area contributed by atoms with Crippen LogP contribution in [-0.2, 0) is 11.3 Å². The van der Waals surface area contributed by atoms with Gasteiger partial charge in [-0.1, -0.05) is 60.2 Å². The molecule has 6 heteroatoms. The maximum absolute atomic E-state index is 13.5. The highest BCUT2D eigenvalue weighted by Crippen LogP contribution is 2.39. The molecule has 1 atom stereocenters. The van der Waals surface area contributed by atoms with Crippen molar-refractivity contribution < 1.29 is 14.3 Å². The van der Waals surface area contributed by atoms with Crippen LogP contribution in [0.4, 0.5) is 0 Å². The van der Waals surface area contributed by atoms with Gasteiger partial charge in [-0.05, 0) is 37.2 Å². The first-order valence-electron chi connectivity index (χ1n) is 11.4. The van der Waals surface area contributed by atoms with E-state index < -0.39 is 0 Å². The Bertz CT molecular complexity index is 1160. The van der Waals surface area contributed by atoms with Gasteiger partial charge in [0.1, 0.15) is 11.5 Å². The summed E-state index contributed by atoms with van der Waals surface area (Å²) in [6, 6.07) is 23.9. The van der Waals surface area contributed by atoms with E-state index >= 15 is 0 Å². The zero-order chi connectivity index (χ0) is 24.1. The predicted octanol–water partition coefficient (Wildman–Crippen LogP) is 4.82. The Morgan fingerprint density at radius 3 is 2.44 bits per heavy atom. The number of carbonyl (C=O) groups is 1. The van der Waals surface area contributed by atoms with Crippen LogP contribution in [0.3, 0.4) is 0 Å². The lowest BCUT2D eigenvalue weighted by molar-refractivity contribution is -0.134. The second kappa shape index (κ2) is 10.5. The van der Waals surface area contributed by atoms with E-state index in [4.69, 9.17) is 14.6 Å². The van der Waals surface area contributed by atoms with Gasteiger partial charge < -0.3 is 9.47 Å². The molecule has 0 spiro atoms. The fourth-order valence-corrected chi connectivity index (χ4v) is 4.25. The van der Waals surface area contributed by atoms with Crippen molar-refractivity contribution in [1.82, 2.24) is 9.91 Å². The molecule has 0 saturated heterocycles. The molecule has 0 unspecified atom stereocenters. The van der Waals surface area contributed by atoms with Crippen molar-refractivity contribution in [3.63, 3.8) is 0 Å². The van der Waals surface area contributed by atoms with Gasteiger partial charge in [0.25, 0.3) is 5.91 Å². The smallest absolute Gasteiger partial charge is 0.257 e. The van der Waals surface area contributed by atoms with Crippen molar-refractivity contribution in [2.45, 2.75) is 25.9 Å². The van der Waals surface area contributed by atoms with E-state index in [1.54, 1.807) is 19.2 Å². The summed E-state index contributed by atoms with van der Waals surface area (Å²) < 4.78 is 11.0. The molecule has 1 heterocycles. The zero-order valence-corrected chi connectivity index (χ0v) is 20.2. The quantitative estimate of drug-likeness (QED) is 0.487. The maximum Gasteiger partial charge on any atom is 0.257 e. The summed E-state index contributed by atoms with van der Waals surface area (Å²) in [6.07, 6.45) is 0.611. The van der Waals surface area contributed by atoms with Crippen LogP contribution >= 0.6 is 0 Å². The van der Waals surface area contributed by atoms with Gasteiger partial charge in [-0.25, -0.2) is 5.01 Å². The molecule has 0 saturated carbocycles. The Labute approximate surface area is 201 Å². The van der Waals surface area contributed by atoms with Gasteiger partial charge >= 0.3 is 0 Å². The lowest BCUT2D eigenvalue weighted by Crippen LogP contribution is -2.36. The molecule has 0 aromatic heterocycles. The Hall–Kier alpha value is -3.64. The molecule has 0 aliphatic carbocycles. The van der Waals surface area contributed by atoms with Gasteiger partial charge in [0, 0.05) is 24.6 Å². The minimum Gasteiger partial charge on any atom is -0.497 e. The van der Waals surface area contributed by atoms with Gasteiger partial charge in [0.15, 0.2) is 0 Å². The number of aryl methyl sites for hydroxylation is 1. The molecule has 1 aliphatic heterocycles. The van der Waals surface area contributed by atoms with E-state index in [1.165, 1.54) is 5.56 Å². The molecule has 0 N–H and O–H groups in total. The van der Waals surface area contributed by atoms with Crippen molar-refractivity contribution in [3.8, 4) is 11.5 Å². The monoisotopic (exact) mass is 457 g/mol. The first-order chi connectivity index (χ1) is 16.5. The number of hydrogen-bond acceptors (Lipinski definition) is 5. The van der Waals surface area contributed by atoms with Gasteiger partial charge in [0.05, 0.1) is 32.5 Å². The molecule has 1 amide bonds. The standard InChI is InChI=1S/C28H31N3O3/c1-20-10-12-22(13-11-20)25-17-26(24-15-14-23(33-3)16-27(24)34-4)31(29-25)28(32)19-30(2)18-21-8-6-5-7-9-21/h5-16,26H,17-19H2,1-4H3/t26-/m0/s1. The van der Waals surface area contributed by atoms with Crippen molar-refractivity contribution >= 4 is 11.6 Å². The SMILES string of the molecule is COc1ccc([C@@H]2CC(c3ccc(C)cc3)=NN2C(=O)CN(C)Cc2ccccc2)c(OC)c1. The average Bonchev–Trinajstić information content (AvgIpc) is 3.30. The van der Waals surface area contributed by atoms with Crippen LogP contribution in [0.1, 0.15) is 34.7 Å². The fourth-order valence-electron chi connectivity index (χ4n) is 4.25. The third-order valence-electron chi connectivity index (χ3n) is 6.05. The van der Waals surface area contributed by atoms with E-state index in [2.05, 4.69) is 43.3 Å². The van der Waals surface area contributed by atoms with E-state index in [1.807, 2.05) is 48.3 Å². The number of hydrogen-bond donors (Lipinski definition) is 0. The normalized spacial score (nSPS) is 15.4. The van der Waals surface area contributed by atoms with Crippen molar-refractivity contribution in [2.24, 2.45) is 5.10 Å². The molecule has 4 rings (SSSR count). The number of rotatable bonds is 8. The molecular formula is C28H31N3O3. The van der Waals surface area contributed by atoms with Crippen LogP contribution in [0.25, 0.3) is 0 Å². The van der Waals surface area contributed by atoms with E-state index in [0.717, 1.165) is 22.4 Å². The summed E-state index contributed by atoms with van der Waals surface area (Å²) >= 11 is 0. The molecule has 3 aromatic carbocycles. The average molecular weight is 458 g/mol. The minimum atomic E-state index is -0.255. The summed E-state index contributed by atoms with van der Waals surface area (Å²) in [5.41, 5.74) is 5.17. The summed E-state index contributed by atoms with van der Waals surface area (Å²) in [5, 5.41) is 6.44. The summed E-state index contributed by atoms with van der Waals surface area (Å²) in [6.45, 7) is 3.00. The predicted molar refractivity (Wildman–Crippen MR) is 134 cm³/mol. The third kappa shape index (κ3) is 5.29. The summed E-state index contributed by atoms with van der Waals surface area (Å²) in [7, 11) is 5.21. The second-order valence-corrected chi connectivity index (χ2v) is 8.64. The van der Waals surface area contributed by atoms with Gasteiger partial charge in [0.2, 0.25) is 0 Å². The Morgan fingerprint density at radius 2 is 1.76 bits per heavy atom. The number of methoxy groups -OCH3 is 2. The molecular weight excluding hydrogens is 426 g/mol. The lowest BCUT2D eigenvalue weighted by atomic mass is 9.97. The number of likely N-dealkylation sites (N-methyl/N-ethyl adjacent to an activating group) is 1. The molecule has 0 fully saturated rings. The maximum atomic E-state index is 13.5. The van der Waals surface area contributed by atoms with Crippen LogP contribution in [0, 0.1) is 6.92 Å². The molecule has 1 aliphatic rings. The highest BCUT2D eigenvalue weighted by molar-refractivity contribution is 6.03. The molecule has 176 valence electrons. The largest absolute Gasteiger partial charge is 0.497 e. The Morgan fingerprint density at radius 1 is 1.03 bits per heavy atom. The van der Waals surface area contributed by atoms with Crippen LogP contribution in [-0.4, -0.2) is 49.3 Å². The second-order valence-electron chi connectivity index (χ2n) is 8.64. The van der Waals surface area contributed by atoms with E-state index in [9.17, 15) is 4.79 Å². The van der Waals surface area contributed by atoms with Gasteiger partial charge in [-0.2, -0.15) is 5.10 Å². The number of nitrogens with zero attached hydrogens (tertiary/aromatic N) is 3. The lowest BCUT2D eigenvalue weighted by Gasteiger charge is -2.26. The van der Waals surface area contributed by atoms with Gasteiger partial charge in [-0.15, -0.1) is 0 Å². The van der Waals surface area contributed by atoms with Crippen LogP contribution in [0.15, 0.2) is 77.9 Å². The van der Waals surface area contributed by atoms with E-state index in [0.29, 0.717) is 24.5 Å². The first kappa shape index (κ1) is 23.5. The number of hydrazone groups is 1. The number of benzene rings is 3. The minimum absolute atomic E-state index is 0.0524. The van der Waals surface area contributed by atoms with Crippen LogP contribution in [0.5, 0.6) is 11.5 Å². The fraction of sp³-hybridized carbons (Fsp3) is 0.286. The summed E-state index contributed by atoms with van der Waals surface area (Å²) in [4.78, 5) is 15.5. The molecule has 6 nitrogen and oxygen atoms in total. The number of carbonyl (C=O) groups excluding carboxylic acids is 1. The third-order valence-corrected chi connectivity index (χ3v) is 6.05. The van der Waals surface area contributed by atoms with Crippen LogP contribution in [0.2, 0.25) is 0 Å². The Kier molecular flexibility index (Phi) is 7.28.